The number of hydrogen-bond donors (Lipinski definition) is 1. The number of carboxylic acids is 1. The fourth-order valence-electron chi connectivity index (χ4n) is 2.77. The maximum atomic E-state index is 11.2. The number of benzene rings is 2. The minimum absolute atomic E-state index is 0.134. The van der Waals surface area contributed by atoms with Crippen molar-refractivity contribution in [2.24, 2.45) is 0 Å². The summed E-state index contributed by atoms with van der Waals surface area (Å²) in [5.41, 5.74) is 1.73. The van der Waals surface area contributed by atoms with Gasteiger partial charge < -0.3 is 14.6 Å². The van der Waals surface area contributed by atoms with E-state index in [1.54, 1.807) is 18.2 Å². The Kier molecular flexibility index (Phi) is 8.06. The minimum Gasteiger partial charge on any atom is -0.492 e. The van der Waals surface area contributed by atoms with Crippen LogP contribution in [0, 0.1) is 22.7 Å². The van der Waals surface area contributed by atoms with Gasteiger partial charge in [0.05, 0.1) is 18.8 Å². The van der Waals surface area contributed by atoms with Gasteiger partial charge in [-0.1, -0.05) is 38.8 Å². The molecular weight excluding hydrogens is 368 g/mol. The maximum absolute atomic E-state index is 11.2. The lowest BCUT2D eigenvalue weighted by Gasteiger charge is -2.17. The van der Waals surface area contributed by atoms with Gasteiger partial charge in [0.1, 0.15) is 34.8 Å². The second-order valence-corrected chi connectivity index (χ2v) is 6.51. The van der Waals surface area contributed by atoms with Gasteiger partial charge in [-0.05, 0) is 36.6 Å². The van der Waals surface area contributed by atoms with E-state index in [4.69, 9.17) is 14.6 Å². The predicted molar refractivity (Wildman–Crippen MR) is 109 cm³/mol. The Labute approximate surface area is 170 Å². The molecule has 0 amide bonds. The van der Waals surface area contributed by atoms with Crippen LogP contribution in [0.5, 0.6) is 11.5 Å². The smallest absolute Gasteiger partial charge is 0.335 e. The molecule has 0 radical (unpaired) electrons. The number of aromatic carboxylic acids is 1. The van der Waals surface area contributed by atoms with E-state index in [2.05, 4.69) is 12.1 Å². The highest BCUT2D eigenvalue weighted by Gasteiger charge is 2.22. The highest BCUT2D eigenvalue weighted by molar-refractivity contribution is 5.89. The largest absolute Gasteiger partial charge is 0.492 e. The predicted octanol–water partition coefficient (Wildman–Crippen LogP) is 5.15. The Hall–Kier alpha value is -3.51. The summed E-state index contributed by atoms with van der Waals surface area (Å²) in [6, 6.07) is 12.2. The number of rotatable bonds is 10. The third kappa shape index (κ3) is 5.27. The van der Waals surface area contributed by atoms with Crippen LogP contribution in [-0.2, 0) is 0 Å². The van der Waals surface area contributed by atoms with E-state index in [-0.39, 0.29) is 16.7 Å². The lowest BCUT2D eigenvalue weighted by molar-refractivity contribution is 0.0697. The Balaban J connectivity index is 2.63. The van der Waals surface area contributed by atoms with Crippen molar-refractivity contribution in [1.29, 1.82) is 10.5 Å². The van der Waals surface area contributed by atoms with Crippen LogP contribution in [0.4, 0.5) is 0 Å². The highest BCUT2D eigenvalue weighted by atomic mass is 16.5. The van der Waals surface area contributed by atoms with Crippen LogP contribution in [-0.4, -0.2) is 24.3 Å². The molecule has 0 aliphatic rings. The second-order valence-electron chi connectivity index (χ2n) is 6.51. The number of ether oxygens (including phenoxy) is 2. The maximum Gasteiger partial charge on any atom is 0.335 e. The van der Waals surface area contributed by atoms with Crippen molar-refractivity contribution in [3.63, 3.8) is 0 Å². The van der Waals surface area contributed by atoms with Crippen LogP contribution in [0.15, 0.2) is 30.3 Å². The minimum atomic E-state index is -1.02. The molecule has 150 valence electrons. The van der Waals surface area contributed by atoms with Crippen molar-refractivity contribution in [2.75, 3.05) is 13.2 Å². The summed E-state index contributed by atoms with van der Waals surface area (Å²) >= 11 is 0. The van der Waals surface area contributed by atoms with Crippen molar-refractivity contribution in [3.05, 3.63) is 47.0 Å². The summed E-state index contributed by atoms with van der Waals surface area (Å²) in [7, 11) is 0. The summed E-state index contributed by atoms with van der Waals surface area (Å²) in [5.74, 6) is -0.363. The lowest BCUT2D eigenvalue weighted by atomic mass is 9.96. The standard InChI is InChI=1S/C23H24N2O4/c1-3-5-11-28-21-13-18(16-7-9-17(10-8-16)23(26)27)22(29-12-6-4-2)20(15-25)19(21)14-24/h7-10,13H,3-6,11-12H2,1-2H3,(H,26,27). The molecule has 6 nitrogen and oxygen atoms in total. The zero-order valence-corrected chi connectivity index (χ0v) is 16.7. The SMILES string of the molecule is CCCCOc1cc(-c2ccc(C(=O)O)cc2)c(OCCCC)c(C#N)c1C#N. The van der Waals surface area contributed by atoms with Gasteiger partial charge in [-0.25, -0.2) is 4.79 Å². The summed E-state index contributed by atoms with van der Waals surface area (Å²) in [5, 5.41) is 28.5. The number of carbonyl (C=O) groups is 1. The second kappa shape index (κ2) is 10.7. The summed E-state index contributed by atoms with van der Waals surface area (Å²) in [6.07, 6.45) is 3.49. The van der Waals surface area contributed by atoms with Crippen molar-refractivity contribution in [3.8, 4) is 34.8 Å². The van der Waals surface area contributed by atoms with Crippen molar-refractivity contribution in [1.82, 2.24) is 0 Å². The van der Waals surface area contributed by atoms with E-state index in [0.717, 1.165) is 25.7 Å². The molecule has 2 rings (SSSR count). The molecule has 0 bridgehead atoms. The van der Waals surface area contributed by atoms with Crippen LogP contribution < -0.4 is 9.47 Å². The molecule has 0 heterocycles. The lowest BCUT2D eigenvalue weighted by Crippen LogP contribution is -2.06. The fraction of sp³-hybridized carbons (Fsp3) is 0.348. The quantitative estimate of drug-likeness (QED) is 0.561. The zero-order valence-electron chi connectivity index (χ0n) is 16.7. The molecular formula is C23H24N2O4. The molecule has 0 unspecified atom stereocenters. The van der Waals surface area contributed by atoms with Gasteiger partial charge >= 0.3 is 5.97 Å². The normalized spacial score (nSPS) is 10.1. The number of carboxylic acid groups (broad SMARTS) is 1. The first-order chi connectivity index (χ1) is 14.1. The molecule has 0 fully saturated rings. The molecule has 29 heavy (non-hydrogen) atoms. The Bertz CT molecular complexity index is 937. The van der Waals surface area contributed by atoms with Gasteiger partial charge in [-0.3, -0.25) is 0 Å². The molecule has 6 heteroatoms. The molecule has 0 aliphatic carbocycles. The Morgan fingerprint density at radius 3 is 2.07 bits per heavy atom. The van der Waals surface area contributed by atoms with Crippen LogP contribution in [0.3, 0.4) is 0 Å². The first-order valence-electron chi connectivity index (χ1n) is 9.67. The van der Waals surface area contributed by atoms with Gasteiger partial charge in [0.15, 0.2) is 0 Å². The summed E-state index contributed by atoms with van der Waals surface area (Å²) in [4.78, 5) is 11.2. The first kappa shape index (κ1) is 21.8. The third-order valence-corrected chi connectivity index (χ3v) is 4.41. The van der Waals surface area contributed by atoms with Gasteiger partial charge in [-0.15, -0.1) is 0 Å². The van der Waals surface area contributed by atoms with E-state index in [9.17, 15) is 15.3 Å². The topological polar surface area (TPSA) is 103 Å². The number of nitriles is 2. The molecule has 0 spiro atoms. The zero-order chi connectivity index (χ0) is 21.2. The van der Waals surface area contributed by atoms with Gasteiger partial charge in [0, 0.05) is 5.56 Å². The van der Waals surface area contributed by atoms with Gasteiger partial charge in [0.25, 0.3) is 0 Å². The molecule has 0 saturated carbocycles. The van der Waals surface area contributed by atoms with E-state index in [0.29, 0.717) is 35.8 Å². The van der Waals surface area contributed by atoms with Gasteiger partial charge in [-0.2, -0.15) is 10.5 Å². The highest BCUT2D eigenvalue weighted by Crippen LogP contribution is 2.40. The van der Waals surface area contributed by atoms with E-state index >= 15 is 0 Å². The monoisotopic (exact) mass is 392 g/mol. The van der Waals surface area contributed by atoms with Crippen LogP contribution in [0.2, 0.25) is 0 Å². The van der Waals surface area contributed by atoms with Crippen LogP contribution >= 0.6 is 0 Å². The van der Waals surface area contributed by atoms with Crippen LogP contribution in [0.25, 0.3) is 11.1 Å². The van der Waals surface area contributed by atoms with Crippen molar-refractivity contribution in [2.45, 2.75) is 39.5 Å². The first-order valence-corrected chi connectivity index (χ1v) is 9.67. The van der Waals surface area contributed by atoms with Gasteiger partial charge in [0.2, 0.25) is 0 Å². The molecule has 1 N–H and O–H groups in total. The molecule has 0 atom stereocenters. The molecule has 0 saturated heterocycles. The molecule has 2 aromatic carbocycles. The van der Waals surface area contributed by atoms with Crippen LogP contribution in [0.1, 0.15) is 61.0 Å². The number of nitrogens with zero attached hydrogens (tertiary/aromatic N) is 2. The van der Waals surface area contributed by atoms with Crippen molar-refractivity contribution < 1.29 is 19.4 Å². The third-order valence-electron chi connectivity index (χ3n) is 4.41. The average Bonchev–Trinajstić information content (AvgIpc) is 2.74. The Morgan fingerprint density at radius 1 is 0.966 bits per heavy atom. The van der Waals surface area contributed by atoms with E-state index < -0.39 is 5.97 Å². The fourth-order valence-corrected chi connectivity index (χ4v) is 2.77. The molecule has 0 aliphatic heterocycles. The molecule has 2 aromatic rings. The molecule has 0 aromatic heterocycles. The summed E-state index contributed by atoms with van der Waals surface area (Å²) in [6.45, 7) is 4.91. The Morgan fingerprint density at radius 2 is 1.55 bits per heavy atom. The number of hydrogen-bond acceptors (Lipinski definition) is 5. The average molecular weight is 392 g/mol. The van der Waals surface area contributed by atoms with E-state index in [1.807, 2.05) is 13.8 Å². The van der Waals surface area contributed by atoms with Crippen molar-refractivity contribution >= 4 is 5.97 Å². The number of unbranched alkanes of at least 4 members (excludes halogenated alkanes) is 2. The summed E-state index contributed by atoms with van der Waals surface area (Å²) < 4.78 is 11.7. The van der Waals surface area contributed by atoms with E-state index in [1.165, 1.54) is 12.1 Å².